The molecule has 0 radical (unpaired) electrons. The van der Waals surface area contributed by atoms with Crippen LogP contribution in [-0.2, 0) is 13.6 Å². The van der Waals surface area contributed by atoms with Crippen molar-refractivity contribution < 1.29 is 18.0 Å². The van der Waals surface area contributed by atoms with E-state index in [2.05, 4.69) is 10.4 Å². The van der Waals surface area contributed by atoms with Crippen molar-refractivity contribution in [3.05, 3.63) is 11.8 Å². The van der Waals surface area contributed by atoms with Crippen LogP contribution < -0.4 is 16.4 Å². The fourth-order valence-corrected chi connectivity index (χ4v) is 1.05. The monoisotopic (exact) mass is 251 g/mol. The summed E-state index contributed by atoms with van der Waals surface area (Å²) in [4.78, 5) is 11.0. The molecule has 0 saturated heterocycles. The van der Waals surface area contributed by atoms with Gasteiger partial charge >= 0.3 is 12.2 Å². The van der Waals surface area contributed by atoms with E-state index in [1.807, 2.05) is 0 Å². The number of halogens is 3. The van der Waals surface area contributed by atoms with Crippen molar-refractivity contribution >= 4 is 11.8 Å². The Morgan fingerprint density at radius 2 is 2.18 bits per heavy atom. The first-order valence-corrected chi connectivity index (χ1v) is 4.64. The van der Waals surface area contributed by atoms with Crippen molar-refractivity contribution in [2.45, 2.75) is 12.7 Å². The molecule has 0 aliphatic carbocycles. The highest BCUT2D eigenvalue weighted by Gasteiger charge is 2.27. The highest BCUT2D eigenvalue weighted by molar-refractivity contribution is 5.74. The maximum Gasteiger partial charge on any atom is 0.405 e. The molecule has 1 aromatic rings. The molecule has 9 heteroatoms. The summed E-state index contributed by atoms with van der Waals surface area (Å²) in [6, 6.07) is -0.912. The third-order valence-corrected chi connectivity index (χ3v) is 1.95. The second-order valence-corrected chi connectivity index (χ2v) is 3.33. The molecule has 96 valence electrons. The first-order valence-electron chi connectivity index (χ1n) is 4.64. The predicted molar refractivity (Wildman–Crippen MR) is 53.9 cm³/mol. The Bertz CT molecular complexity index is 400. The summed E-state index contributed by atoms with van der Waals surface area (Å²) in [5, 5.41) is 7.74. The van der Waals surface area contributed by atoms with Gasteiger partial charge in [0.25, 0.3) is 0 Å². The molecule has 1 aromatic heterocycles. The number of amides is 2. The minimum Gasteiger partial charge on any atom is -0.384 e. The molecular formula is C8H12F3N5O. The number of hydrogen-bond acceptors (Lipinski definition) is 3. The number of rotatable bonds is 3. The fourth-order valence-electron chi connectivity index (χ4n) is 1.05. The summed E-state index contributed by atoms with van der Waals surface area (Å²) in [7, 11) is 1.61. The van der Waals surface area contributed by atoms with Crippen LogP contribution in [0.1, 0.15) is 5.56 Å². The van der Waals surface area contributed by atoms with Crippen LogP contribution >= 0.6 is 0 Å². The highest BCUT2D eigenvalue weighted by Crippen LogP contribution is 2.12. The predicted octanol–water partition coefficient (Wildman–Crippen LogP) is 0.364. The molecule has 0 aromatic carbocycles. The Kier molecular flexibility index (Phi) is 3.81. The number of urea groups is 1. The molecule has 0 bridgehead atoms. The third-order valence-electron chi connectivity index (χ3n) is 1.95. The van der Waals surface area contributed by atoms with Gasteiger partial charge in [0.05, 0.1) is 6.20 Å². The number of nitrogen functional groups attached to an aromatic ring is 1. The van der Waals surface area contributed by atoms with E-state index in [0.717, 1.165) is 0 Å². The molecule has 0 saturated carbocycles. The third kappa shape index (κ3) is 4.21. The van der Waals surface area contributed by atoms with Gasteiger partial charge in [0.1, 0.15) is 12.4 Å². The highest BCUT2D eigenvalue weighted by atomic mass is 19.4. The second-order valence-electron chi connectivity index (χ2n) is 3.33. The van der Waals surface area contributed by atoms with Gasteiger partial charge in [0.2, 0.25) is 0 Å². The molecule has 2 amide bonds. The van der Waals surface area contributed by atoms with Crippen molar-refractivity contribution in [1.82, 2.24) is 20.4 Å². The van der Waals surface area contributed by atoms with Crippen LogP contribution in [0, 0.1) is 0 Å². The van der Waals surface area contributed by atoms with Crippen LogP contribution in [0.25, 0.3) is 0 Å². The maximum atomic E-state index is 11.8. The molecule has 0 fully saturated rings. The topological polar surface area (TPSA) is 85.0 Å². The summed E-state index contributed by atoms with van der Waals surface area (Å²) in [5.74, 6) is 0.348. The summed E-state index contributed by atoms with van der Waals surface area (Å²) in [5.41, 5.74) is 6.12. The van der Waals surface area contributed by atoms with Gasteiger partial charge in [-0.2, -0.15) is 18.3 Å². The van der Waals surface area contributed by atoms with Crippen molar-refractivity contribution in [2.24, 2.45) is 7.05 Å². The largest absolute Gasteiger partial charge is 0.405 e. The normalized spacial score (nSPS) is 11.3. The number of alkyl halides is 3. The minimum atomic E-state index is -4.43. The van der Waals surface area contributed by atoms with Crippen LogP contribution in [0.15, 0.2) is 6.20 Å². The number of carbonyl (C=O) groups is 1. The molecule has 0 spiro atoms. The molecule has 6 nitrogen and oxygen atoms in total. The van der Waals surface area contributed by atoms with E-state index >= 15 is 0 Å². The average Bonchev–Trinajstić information content (AvgIpc) is 2.53. The van der Waals surface area contributed by atoms with E-state index in [1.165, 1.54) is 10.9 Å². The number of aryl methyl sites for hydroxylation is 1. The number of anilines is 1. The van der Waals surface area contributed by atoms with E-state index in [0.29, 0.717) is 11.4 Å². The summed E-state index contributed by atoms with van der Waals surface area (Å²) in [6.07, 6.45) is -3.00. The number of nitrogens with two attached hydrogens (primary N) is 1. The minimum absolute atomic E-state index is 0.0172. The van der Waals surface area contributed by atoms with Gasteiger partial charge < -0.3 is 16.4 Å². The van der Waals surface area contributed by atoms with Gasteiger partial charge in [0, 0.05) is 19.2 Å². The van der Waals surface area contributed by atoms with Crippen molar-refractivity contribution in [3.8, 4) is 0 Å². The second kappa shape index (κ2) is 4.93. The molecule has 17 heavy (non-hydrogen) atoms. The van der Waals surface area contributed by atoms with E-state index < -0.39 is 18.8 Å². The van der Waals surface area contributed by atoms with E-state index in [4.69, 9.17) is 5.73 Å². The SMILES string of the molecule is Cn1ncc(CNC(=O)NCC(F)(F)F)c1N. The van der Waals surface area contributed by atoms with Gasteiger partial charge in [-0.05, 0) is 0 Å². The average molecular weight is 251 g/mol. The standard InChI is InChI=1S/C8H12F3N5O/c1-16-6(12)5(3-15-16)2-13-7(17)14-4-8(9,10)11/h3H,2,4,12H2,1H3,(H2,13,14,17). The number of hydrogen-bond donors (Lipinski definition) is 3. The smallest absolute Gasteiger partial charge is 0.384 e. The Labute approximate surface area is 95.0 Å². The van der Waals surface area contributed by atoms with Crippen LogP contribution in [0.3, 0.4) is 0 Å². The Morgan fingerprint density at radius 1 is 1.53 bits per heavy atom. The lowest BCUT2D eigenvalue weighted by atomic mass is 10.3. The number of nitrogens with zero attached hydrogens (tertiary/aromatic N) is 2. The Hall–Kier alpha value is -1.93. The molecule has 0 unspecified atom stereocenters. The summed E-state index contributed by atoms with van der Waals surface area (Å²) < 4.78 is 36.7. The van der Waals surface area contributed by atoms with Gasteiger partial charge in [0.15, 0.2) is 0 Å². The molecule has 0 atom stereocenters. The zero-order chi connectivity index (χ0) is 13.1. The molecule has 1 rings (SSSR count). The lowest BCUT2D eigenvalue weighted by Crippen LogP contribution is -2.40. The number of carbonyl (C=O) groups excluding carboxylic acids is 1. The molecular weight excluding hydrogens is 239 g/mol. The summed E-state index contributed by atoms with van der Waals surface area (Å²) in [6.45, 7) is -1.36. The van der Waals surface area contributed by atoms with Crippen molar-refractivity contribution in [1.29, 1.82) is 0 Å². The Balaban J connectivity index is 2.36. The van der Waals surface area contributed by atoms with Crippen LogP contribution in [0.5, 0.6) is 0 Å². The van der Waals surface area contributed by atoms with Gasteiger partial charge in [-0.15, -0.1) is 0 Å². The Morgan fingerprint density at radius 3 is 2.65 bits per heavy atom. The first-order chi connectivity index (χ1) is 7.79. The van der Waals surface area contributed by atoms with Crippen LogP contribution in [0.4, 0.5) is 23.8 Å². The number of nitrogens with one attached hydrogen (secondary N) is 2. The maximum absolute atomic E-state index is 11.8. The van der Waals surface area contributed by atoms with Crippen molar-refractivity contribution in [3.63, 3.8) is 0 Å². The summed E-state index contributed by atoms with van der Waals surface area (Å²) >= 11 is 0. The van der Waals surface area contributed by atoms with Crippen molar-refractivity contribution in [2.75, 3.05) is 12.3 Å². The molecule has 1 heterocycles. The van der Waals surface area contributed by atoms with Gasteiger partial charge in [-0.25, -0.2) is 4.79 Å². The van der Waals surface area contributed by atoms with E-state index in [9.17, 15) is 18.0 Å². The quantitative estimate of drug-likeness (QED) is 0.725. The molecule has 0 aliphatic rings. The zero-order valence-electron chi connectivity index (χ0n) is 9.01. The van der Waals surface area contributed by atoms with Gasteiger partial charge in [-0.3, -0.25) is 4.68 Å². The van der Waals surface area contributed by atoms with Crippen LogP contribution in [-0.4, -0.2) is 28.5 Å². The molecule has 4 N–H and O–H groups in total. The van der Waals surface area contributed by atoms with E-state index in [-0.39, 0.29) is 6.54 Å². The first kappa shape index (κ1) is 13.1. The van der Waals surface area contributed by atoms with Gasteiger partial charge in [-0.1, -0.05) is 0 Å². The zero-order valence-corrected chi connectivity index (χ0v) is 9.01. The molecule has 0 aliphatic heterocycles. The fraction of sp³-hybridized carbons (Fsp3) is 0.500. The van der Waals surface area contributed by atoms with Crippen LogP contribution in [0.2, 0.25) is 0 Å². The van der Waals surface area contributed by atoms with E-state index in [1.54, 1.807) is 12.4 Å². The lowest BCUT2D eigenvalue weighted by Gasteiger charge is -2.09. The number of aromatic nitrogens is 2. The lowest BCUT2D eigenvalue weighted by molar-refractivity contribution is -0.122.